The maximum absolute atomic E-state index is 11.5. The Hall–Kier alpha value is -0.930. The standard InChI is InChI=1S/C14H18ClNOS/c1-9(2)16-14(17)6-5-11-8-12(15)13(18-4)7-10(11)3/h5-9H,1-4H3,(H,16,17)/b6-5+. The Morgan fingerprint density at radius 1 is 1.44 bits per heavy atom. The molecular weight excluding hydrogens is 266 g/mol. The first-order valence-electron chi connectivity index (χ1n) is 5.76. The lowest BCUT2D eigenvalue weighted by atomic mass is 10.1. The van der Waals surface area contributed by atoms with Crippen molar-refractivity contribution in [3.8, 4) is 0 Å². The number of aryl methyl sites for hydroxylation is 1. The van der Waals surface area contributed by atoms with Crippen LogP contribution in [-0.2, 0) is 4.79 Å². The topological polar surface area (TPSA) is 29.1 Å². The Morgan fingerprint density at radius 3 is 2.67 bits per heavy atom. The van der Waals surface area contributed by atoms with Crippen LogP contribution in [0.15, 0.2) is 23.1 Å². The first-order chi connectivity index (χ1) is 8.43. The van der Waals surface area contributed by atoms with E-state index in [0.717, 1.165) is 21.0 Å². The quantitative estimate of drug-likeness (QED) is 0.670. The van der Waals surface area contributed by atoms with Gasteiger partial charge in [-0.2, -0.15) is 0 Å². The SMILES string of the molecule is CSc1cc(C)c(/C=C/C(=O)NC(C)C)cc1Cl. The number of hydrogen-bond donors (Lipinski definition) is 1. The van der Waals surface area contributed by atoms with Gasteiger partial charge >= 0.3 is 0 Å². The zero-order chi connectivity index (χ0) is 13.7. The molecular formula is C14H18ClNOS. The maximum Gasteiger partial charge on any atom is 0.244 e. The highest BCUT2D eigenvalue weighted by molar-refractivity contribution is 7.98. The fraction of sp³-hybridized carbons (Fsp3) is 0.357. The third-order valence-electron chi connectivity index (χ3n) is 2.39. The van der Waals surface area contributed by atoms with Crippen molar-refractivity contribution in [3.05, 3.63) is 34.4 Å². The molecule has 0 spiro atoms. The Balaban J connectivity index is 2.88. The number of halogens is 1. The average Bonchev–Trinajstić information content (AvgIpc) is 2.28. The van der Waals surface area contributed by atoms with Crippen molar-refractivity contribution in [2.24, 2.45) is 0 Å². The fourth-order valence-corrected chi connectivity index (χ4v) is 2.46. The number of carbonyl (C=O) groups excluding carboxylic acids is 1. The molecule has 0 heterocycles. The molecule has 1 N–H and O–H groups in total. The molecule has 0 atom stereocenters. The molecule has 1 rings (SSSR count). The molecule has 0 saturated heterocycles. The van der Waals surface area contributed by atoms with Gasteiger partial charge in [0.25, 0.3) is 0 Å². The van der Waals surface area contributed by atoms with Crippen LogP contribution < -0.4 is 5.32 Å². The Labute approximate surface area is 118 Å². The average molecular weight is 284 g/mol. The minimum absolute atomic E-state index is 0.0885. The molecule has 0 aliphatic rings. The highest BCUT2D eigenvalue weighted by atomic mass is 35.5. The Morgan fingerprint density at radius 2 is 2.11 bits per heavy atom. The molecule has 0 aromatic heterocycles. The van der Waals surface area contributed by atoms with Crippen molar-refractivity contribution in [2.75, 3.05) is 6.26 Å². The van der Waals surface area contributed by atoms with Crippen molar-refractivity contribution >= 4 is 35.3 Å². The van der Waals surface area contributed by atoms with Gasteiger partial charge in [0, 0.05) is 17.0 Å². The normalized spacial score (nSPS) is 11.2. The van der Waals surface area contributed by atoms with Crippen LogP contribution in [0.4, 0.5) is 0 Å². The summed E-state index contributed by atoms with van der Waals surface area (Å²) in [6.07, 6.45) is 5.33. The van der Waals surface area contributed by atoms with Crippen molar-refractivity contribution < 1.29 is 4.79 Å². The Kier molecular flexibility index (Phi) is 5.76. The molecule has 2 nitrogen and oxygen atoms in total. The molecule has 0 fully saturated rings. The number of carbonyl (C=O) groups is 1. The van der Waals surface area contributed by atoms with Gasteiger partial charge in [-0.1, -0.05) is 11.6 Å². The summed E-state index contributed by atoms with van der Waals surface area (Å²) in [7, 11) is 0. The van der Waals surface area contributed by atoms with Gasteiger partial charge in [0.2, 0.25) is 5.91 Å². The van der Waals surface area contributed by atoms with Crippen LogP contribution >= 0.6 is 23.4 Å². The molecule has 0 aliphatic heterocycles. The molecule has 0 aliphatic carbocycles. The van der Waals surface area contributed by atoms with Gasteiger partial charge in [-0.25, -0.2) is 0 Å². The van der Waals surface area contributed by atoms with Gasteiger partial charge < -0.3 is 5.32 Å². The van der Waals surface area contributed by atoms with Crippen molar-refractivity contribution in [2.45, 2.75) is 31.7 Å². The largest absolute Gasteiger partial charge is 0.350 e. The second kappa shape index (κ2) is 6.86. The predicted octanol–water partition coefficient (Wildman–Crippen LogP) is 3.91. The molecule has 0 unspecified atom stereocenters. The first kappa shape index (κ1) is 15.1. The van der Waals surface area contributed by atoms with Crippen LogP contribution in [0.1, 0.15) is 25.0 Å². The molecule has 0 radical (unpaired) electrons. The van der Waals surface area contributed by atoms with Gasteiger partial charge in [-0.15, -0.1) is 11.8 Å². The number of thioether (sulfide) groups is 1. The van der Waals surface area contributed by atoms with E-state index in [-0.39, 0.29) is 11.9 Å². The smallest absolute Gasteiger partial charge is 0.244 e. The second-order valence-corrected chi connectivity index (χ2v) is 5.60. The summed E-state index contributed by atoms with van der Waals surface area (Å²) in [6, 6.07) is 4.07. The number of nitrogens with one attached hydrogen (secondary N) is 1. The fourth-order valence-electron chi connectivity index (χ4n) is 1.50. The van der Waals surface area contributed by atoms with Crippen LogP contribution in [0, 0.1) is 6.92 Å². The van der Waals surface area contributed by atoms with E-state index in [4.69, 9.17) is 11.6 Å². The van der Waals surface area contributed by atoms with Crippen molar-refractivity contribution in [1.82, 2.24) is 5.32 Å². The second-order valence-electron chi connectivity index (χ2n) is 4.34. The van der Waals surface area contributed by atoms with E-state index in [2.05, 4.69) is 5.32 Å². The van der Waals surface area contributed by atoms with E-state index in [1.807, 2.05) is 39.2 Å². The van der Waals surface area contributed by atoms with E-state index in [0.29, 0.717) is 0 Å². The van der Waals surface area contributed by atoms with Gasteiger partial charge in [-0.3, -0.25) is 4.79 Å². The van der Waals surface area contributed by atoms with E-state index in [1.165, 1.54) is 6.08 Å². The van der Waals surface area contributed by atoms with E-state index >= 15 is 0 Å². The minimum Gasteiger partial charge on any atom is -0.350 e. The minimum atomic E-state index is -0.0885. The Bertz CT molecular complexity index is 469. The summed E-state index contributed by atoms with van der Waals surface area (Å²) in [5.74, 6) is -0.0885. The van der Waals surface area contributed by atoms with E-state index in [9.17, 15) is 4.79 Å². The lowest BCUT2D eigenvalue weighted by Gasteiger charge is -2.07. The van der Waals surface area contributed by atoms with Gasteiger partial charge in [0.05, 0.1) is 5.02 Å². The predicted molar refractivity (Wildman–Crippen MR) is 80.3 cm³/mol. The molecule has 1 aromatic rings. The van der Waals surface area contributed by atoms with Crippen LogP contribution in [0.3, 0.4) is 0 Å². The molecule has 0 bridgehead atoms. The number of rotatable bonds is 4. The van der Waals surface area contributed by atoms with E-state index < -0.39 is 0 Å². The molecule has 0 saturated carbocycles. The highest BCUT2D eigenvalue weighted by Crippen LogP contribution is 2.28. The molecule has 1 aromatic carbocycles. The molecule has 98 valence electrons. The zero-order valence-corrected chi connectivity index (χ0v) is 12.7. The summed E-state index contributed by atoms with van der Waals surface area (Å²) < 4.78 is 0. The maximum atomic E-state index is 11.5. The molecule has 1 amide bonds. The first-order valence-corrected chi connectivity index (χ1v) is 7.37. The van der Waals surface area contributed by atoms with E-state index in [1.54, 1.807) is 17.8 Å². The van der Waals surface area contributed by atoms with Crippen LogP contribution in [0.2, 0.25) is 5.02 Å². The van der Waals surface area contributed by atoms with Gasteiger partial charge in [0.15, 0.2) is 0 Å². The van der Waals surface area contributed by atoms with Crippen LogP contribution in [0.5, 0.6) is 0 Å². The van der Waals surface area contributed by atoms with Crippen molar-refractivity contribution in [1.29, 1.82) is 0 Å². The third kappa shape index (κ3) is 4.39. The monoisotopic (exact) mass is 283 g/mol. The summed E-state index contributed by atoms with van der Waals surface area (Å²) in [6.45, 7) is 5.87. The van der Waals surface area contributed by atoms with Gasteiger partial charge in [0.1, 0.15) is 0 Å². The summed E-state index contributed by atoms with van der Waals surface area (Å²) in [4.78, 5) is 12.6. The zero-order valence-electron chi connectivity index (χ0n) is 11.1. The lowest BCUT2D eigenvalue weighted by molar-refractivity contribution is -0.116. The summed E-state index contributed by atoms with van der Waals surface area (Å²) in [5.41, 5.74) is 2.08. The molecule has 4 heteroatoms. The van der Waals surface area contributed by atoms with Gasteiger partial charge in [-0.05, 0) is 56.4 Å². The third-order valence-corrected chi connectivity index (χ3v) is 3.59. The summed E-state index contributed by atoms with van der Waals surface area (Å²) in [5, 5.41) is 3.53. The number of hydrogen-bond acceptors (Lipinski definition) is 2. The lowest BCUT2D eigenvalue weighted by Crippen LogP contribution is -2.28. The van der Waals surface area contributed by atoms with Crippen molar-refractivity contribution in [3.63, 3.8) is 0 Å². The summed E-state index contributed by atoms with van der Waals surface area (Å²) >= 11 is 7.76. The number of benzene rings is 1. The number of amides is 1. The molecule has 18 heavy (non-hydrogen) atoms. The van der Waals surface area contributed by atoms with Crippen LogP contribution in [0.25, 0.3) is 6.08 Å². The van der Waals surface area contributed by atoms with Crippen LogP contribution in [-0.4, -0.2) is 18.2 Å². The highest BCUT2D eigenvalue weighted by Gasteiger charge is 2.04.